The topological polar surface area (TPSA) is 50.4 Å². The second-order valence-electron chi connectivity index (χ2n) is 4.61. The maximum absolute atomic E-state index is 13.4. The standard InChI is InChI=1S/C12H13FN2O2/c1-7-4-10-9(5-8(7)13)14-11(16)12(15-10)2-3-17-6-12/h4-5,15H,2-3,6H2,1H3,(H,14,16). The number of anilines is 2. The Morgan fingerprint density at radius 1 is 1.41 bits per heavy atom. The van der Waals surface area contributed by atoms with Crippen LogP contribution in [0.1, 0.15) is 12.0 Å². The van der Waals surface area contributed by atoms with Gasteiger partial charge in [0.2, 0.25) is 0 Å². The number of hydrogen-bond acceptors (Lipinski definition) is 3. The molecule has 1 saturated heterocycles. The van der Waals surface area contributed by atoms with Gasteiger partial charge in [0.1, 0.15) is 11.4 Å². The Labute approximate surface area is 98.1 Å². The number of hydrogen-bond donors (Lipinski definition) is 2. The molecule has 1 amide bonds. The van der Waals surface area contributed by atoms with Gasteiger partial charge in [-0.1, -0.05) is 0 Å². The van der Waals surface area contributed by atoms with Gasteiger partial charge in [0.15, 0.2) is 0 Å². The quantitative estimate of drug-likeness (QED) is 0.720. The summed E-state index contributed by atoms with van der Waals surface area (Å²) in [7, 11) is 0. The fourth-order valence-electron chi connectivity index (χ4n) is 2.29. The number of fused-ring (bicyclic) bond motifs is 1. The highest BCUT2D eigenvalue weighted by atomic mass is 19.1. The molecular weight excluding hydrogens is 223 g/mol. The van der Waals surface area contributed by atoms with Crippen LogP contribution in [0, 0.1) is 12.7 Å². The number of carbonyl (C=O) groups is 1. The van der Waals surface area contributed by atoms with E-state index in [1.54, 1.807) is 13.0 Å². The predicted octanol–water partition coefficient (Wildman–Crippen LogP) is 1.66. The number of aryl methyl sites for hydroxylation is 1. The van der Waals surface area contributed by atoms with Gasteiger partial charge in [-0.05, 0) is 24.6 Å². The molecule has 1 atom stereocenters. The smallest absolute Gasteiger partial charge is 0.252 e. The summed E-state index contributed by atoms with van der Waals surface area (Å²) >= 11 is 0. The average molecular weight is 236 g/mol. The van der Waals surface area contributed by atoms with E-state index in [-0.39, 0.29) is 11.7 Å². The van der Waals surface area contributed by atoms with E-state index in [9.17, 15) is 9.18 Å². The number of ether oxygens (including phenoxy) is 1. The minimum Gasteiger partial charge on any atom is -0.378 e. The van der Waals surface area contributed by atoms with Crippen LogP contribution < -0.4 is 10.6 Å². The lowest BCUT2D eigenvalue weighted by atomic mass is 9.93. The zero-order valence-corrected chi connectivity index (χ0v) is 9.47. The zero-order chi connectivity index (χ0) is 12.0. The molecule has 5 heteroatoms. The van der Waals surface area contributed by atoms with E-state index < -0.39 is 5.54 Å². The van der Waals surface area contributed by atoms with Gasteiger partial charge in [-0.2, -0.15) is 0 Å². The fourth-order valence-corrected chi connectivity index (χ4v) is 2.29. The molecule has 0 radical (unpaired) electrons. The summed E-state index contributed by atoms with van der Waals surface area (Å²) in [5.41, 5.74) is 1.13. The summed E-state index contributed by atoms with van der Waals surface area (Å²) < 4.78 is 18.7. The van der Waals surface area contributed by atoms with Gasteiger partial charge >= 0.3 is 0 Å². The van der Waals surface area contributed by atoms with E-state index >= 15 is 0 Å². The third-order valence-electron chi connectivity index (χ3n) is 3.38. The Morgan fingerprint density at radius 2 is 2.24 bits per heavy atom. The maximum atomic E-state index is 13.4. The summed E-state index contributed by atoms with van der Waals surface area (Å²) in [6, 6.07) is 3.06. The number of amides is 1. The van der Waals surface area contributed by atoms with Crippen molar-refractivity contribution in [2.45, 2.75) is 18.9 Å². The van der Waals surface area contributed by atoms with Crippen LogP contribution >= 0.6 is 0 Å². The van der Waals surface area contributed by atoms with E-state index in [1.165, 1.54) is 6.07 Å². The van der Waals surface area contributed by atoms with Crippen LogP contribution in [-0.4, -0.2) is 24.7 Å². The van der Waals surface area contributed by atoms with Crippen molar-refractivity contribution in [3.63, 3.8) is 0 Å². The van der Waals surface area contributed by atoms with E-state index in [0.717, 1.165) is 5.69 Å². The highest BCUT2D eigenvalue weighted by molar-refractivity contribution is 6.06. The molecule has 1 unspecified atom stereocenters. The van der Waals surface area contributed by atoms with Crippen molar-refractivity contribution in [1.82, 2.24) is 0 Å². The normalized spacial score (nSPS) is 26.6. The molecular formula is C12H13FN2O2. The molecule has 0 aliphatic carbocycles. The van der Waals surface area contributed by atoms with Crippen molar-refractivity contribution >= 4 is 17.3 Å². The lowest BCUT2D eigenvalue weighted by Gasteiger charge is -2.34. The molecule has 2 heterocycles. The number of nitrogens with one attached hydrogen (secondary N) is 2. The summed E-state index contributed by atoms with van der Waals surface area (Å²) in [5, 5.41) is 5.93. The van der Waals surface area contributed by atoms with Crippen LogP contribution in [0.4, 0.5) is 15.8 Å². The monoisotopic (exact) mass is 236 g/mol. The molecule has 1 aromatic rings. The van der Waals surface area contributed by atoms with E-state index in [2.05, 4.69) is 10.6 Å². The minimum absolute atomic E-state index is 0.147. The number of carbonyl (C=O) groups excluding carboxylic acids is 1. The molecule has 0 aromatic heterocycles. The van der Waals surface area contributed by atoms with Crippen molar-refractivity contribution in [3.8, 4) is 0 Å². The lowest BCUT2D eigenvalue weighted by molar-refractivity contribution is -0.120. The molecule has 4 nitrogen and oxygen atoms in total. The Balaban J connectivity index is 2.04. The highest BCUT2D eigenvalue weighted by Gasteiger charge is 2.45. The third-order valence-corrected chi connectivity index (χ3v) is 3.38. The fraction of sp³-hybridized carbons (Fsp3) is 0.417. The Bertz CT molecular complexity index is 496. The number of halogens is 1. The molecule has 1 spiro atoms. The summed E-state index contributed by atoms with van der Waals surface area (Å²) in [4.78, 5) is 12.0. The molecule has 1 aromatic carbocycles. The first-order chi connectivity index (χ1) is 8.11. The van der Waals surface area contributed by atoms with E-state index in [4.69, 9.17) is 4.74 Å². The van der Waals surface area contributed by atoms with E-state index in [0.29, 0.717) is 30.9 Å². The van der Waals surface area contributed by atoms with E-state index in [1.807, 2.05) is 0 Å². The minimum atomic E-state index is -0.683. The Morgan fingerprint density at radius 3 is 2.94 bits per heavy atom. The highest BCUT2D eigenvalue weighted by Crippen LogP contribution is 2.36. The van der Waals surface area contributed by atoms with Crippen LogP contribution in [0.25, 0.3) is 0 Å². The molecule has 0 bridgehead atoms. The molecule has 17 heavy (non-hydrogen) atoms. The molecule has 2 N–H and O–H groups in total. The molecule has 90 valence electrons. The zero-order valence-electron chi connectivity index (χ0n) is 9.47. The largest absolute Gasteiger partial charge is 0.378 e. The van der Waals surface area contributed by atoms with Gasteiger partial charge in [-0.15, -0.1) is 0 Å². The van der Waals surface area contributed by atoms with Gasteiger partial charge in [-0.25, -0.2) is 4.39 Å². The second-order valence-corrected chi connectivity index (χ2v) is 4.61. The molecule has 2 aliphatic heterocycles. The first-order valence-electron chi connectivity index (χ1n) is 5.58. The van der Waals surface area contributed by atoms with Crippen molar-refractivity contribution < 1.29 is 13.9 Å². The first-order valence-corrected chi connectivity index (χ1v) is 5.58. The third kappa shape index (κ3) is 1.50. The molecule has 3 rings (SSSR count). The van der Waals surface area contributed by atoms with Crippen molar-refractivity contribution in [2.24, 2.45) is 0 Å². The predicted molar refractivity (Wildman–Crippen MR) is 61.6 cm³/mol. The second kappa shape index (κ2) is 3.43. The summed E-state index contributed by atoms with van der Waals surface area (Å²) in [5.74, 6) is -0.463. The van der Waals surface area contributed by atoms with Crippen LogP contribution in [0.15, 0.2) is 12.1 Å². The molecule has 2 aliphatic rings. The van der Waals surface area contributed by atoms with Gasteiger partial charge in [-0.3, -0.25) is 4.79 Å². The van der Waals surface area contributed by atoms with Crippen LogP contribution in [0.3, 0.4) is 0 Å². The van der Waals surface area contributed by atoms with Gasteiger partial charge in [0.25, 0.3) is 5.91 Å². The van der Waals surface area contributed by atoms with Gasteiger partial charge in [0.05, 0.1) is 18.0 Å². The summed E-state index contributed by atoms with van der Waals surface area (Å²) in [6.45, 7) is 2.62. The first kappa shape index (κ1) is 10.5. The van der Waals surface area contributed by atoms with Gasteiger partial charge < -0.3 is 15.4 Å². The number of rotatable bonds is 0. The van der Waals surface area contributed by atoms with Crippen molar-refractivity contribution in [3.05, 3.63) is 23.5 Å². The maximum Gasteiger partial charge on any atom is 0.252 e. The SMILES string of the molecule is Cc1cc2c(cc1F)NC(=O)C1(CCOC1)N2. The Hall–Kier alpha value is -1.62. The molecule has 1 fully saturated rings. The van der Waals surface area contributed by atoms with Crippen LogP contribution in [-0.2, 0) is 9.53 Å². The van der Waals surface area contributed by atoms with Crippen molar-refractivity contribution in [2.75, 3.05) is 23.8 Å². The Kier molecular flexibility index (Phi) is 2.13. The van der Waals surface area contributed by atoms with Crippen LogP contribution in [0.2, 0.25) is 0 Å². The number of benzene rings is 1. The summed E-state index contributed by atoms with van der Waals surface area (Å²) in [6.07, 6.45) is 0.634. The van der Waals surface area contributed by atoms with Crippen LogP contribution in [0.5, 0.6) is 0 Å². The van der Waals surface area contributed by atoms with Crippen molar-refractivity contribution in [1.29, 1.82) is 0 Å². The lowest BCUT2D eigenvalue weighted by Crippen LogP contribution is -2.53. The van der Waals surface area contributed by atoms with Gasteiger partial charge in [0, 0.05) is 13.0 Å². The average Bonchev–Trinajstić information content (AvgIpc) is 2.73. The molecule has 0 saturated carbocycles.